The third-order valence-electron chi connectivity index (χ3n) is 6.40. The van der Waals surface area contributed by atoms with Crippen LogP contribution in [-0.2, 0) is 35.5 Å². The minimum Gasteiger partial charge on any atom is -0.389 e. The maximum atomic E-state index is 13.2. The number of carbonyl (C=O) groups is 2. The molecule has 1 aromatic carbocycles. The Morgan fingerprint density at radius 2 is 2.00 bits per heavy atom. The van der Waals surface area contributed by atoms with Crippen molar-refractivity contribution < 1.29 is 27.6 Å². The number of benzene rings is 1. The van der Waals surface area contributed by atoms with E-state index in [2.05, 4.69) is 20.7 Å². The number of aromatic nitrogens is 2. The van der Waals surface area contributed by atoms with Crippen molar-refractivity contribution in [3.8, 4) is 0 Å². The minimum atomic E-state index is -3.35. The summed E-state index contributed by atoms with van der Waals surface area (Å²) in [6, 6.07) is 6.09. The lowest BCUT2D eigenvalue weighted by Crippen LogP contribution is -2.47. The van der Waals surface area contributed by atoms with Crippen LogP contribution in [-0.4, -0.2) is 97.2 Å². The minimum absolute atomic E-state index is 0.0105. The molecule has 0 radical (unpaired) electrons. The van der Waals surface area contributed by atoms with Gasteiger partial charge in [-0.2, -0.15) is 0 Å². The highest BCUT2D eigenvalue weighted by atomic mass is 32.2. The summed E-state index contributed by atoms with van der Waals surface area (Å²) >= 11 is 1.21. The monoisotopic (exact) mass is 548 g/mol. The Kier molecular flexibility index (Phi) is 7.51. The van der Waals surface area contributed by atoms with Gasteiger partial charge in [0.15, 0.2) is 21.7 Å². The number of piperazine rings is 1. The van der Waals surface area contributed by atoms with Gasteiger partial charge in [0.25, 0.3) is 5.91 Å². The van der Waals surface area contributed by atoms with Crippen LogP contribution >= 0.6 is 11.3 Å². The van der Waals surface area contributed by atoms with E-state index in [1.54, 1.807) is 24.1 Å². The summed E-state index contributed by atoms with van der Waals surface area (Å²) in [6.07, 6.45) is 1.74. The summed E-state index contributed by atoms with van der Waals surface area (Å²) in [7, 11) is -1.57. The van der Waals surface area contributed by atoms with E-state index in [1.807, 2.05) is 4.90 Å². The van der Waals surface area contributed by atoms with E-state index in [9.17, 15) is 18.0 Å². The topological polar surface area (TPSA) is 143 Å². The number of likely N-dealkylation sites (N-methyl/N-ethyl adjacent to an activating group) is 1. The molecule has 12 nitrogen and oxygen atoms in total. The molecule has 1 aromatic heterocycles. The maximum Gasteiger partial charge on any atom is 0.280 e. The number of carbonyl (C=O) groups excluding carboxylic acids is 2. The van der Waals surface area contributed by atoms with Crippen molar-refractivity contribution in [2.45, 2.75) is 42.1 Å². The molecular weight excluding hydrogens is 520 g/mol. The second kappa shape index (κ2) is 10.8. The second-order valence-corrected chi connectivity index (χ2v) is 12.6. The van der Waals surface area contributed by atoms with Gasteiger partial charge in [0, 0.05) is 32.1 Å². The molecule has 1 N–H and O–H groups in total. The fraction of sp³-hybridized carbons (Fsp3) is 0.522. The molecule has 0 unspecified atom stereocenters. The molecule has 2 aromatic rings. The largest absolute Gasteiger partial charge is 0.389 e. The summed E-state index contributed by atoms with van der Waals surface area (Å²) in [4.78, 5) is 34.6. The quantitative estimate of drug-likeness (QED) is 0.357. The van der Waals surface area contributed by atoms with E-state index >= 15 is 0 Å². The van der Waals surface area contributed by atoms with Crippen LogP contribution in [0.15, 0.2) is 34.3 Å². The molecule has 0 spiro atoms. The van der Waals surface area contributed by atoms with Crippen LogP contribution < -0.4 is 5.32 Å². The van der Waals surface area contributed by atoms with Gasteiger partial charge in [0.2, 0.25) is 11.0 Å². The lowest BCUT2D eigenvalue weighted by Gasteiger charge is -2.31. The zero-order valence-electron chi connectivity index (χ0n) is 20.3. The first kappa shape index (κ1) is 25.7. The summed E-state index contributed by atoms with van der Waals surface area (Å²) in [5.74, 6) is -0.511. The number of rotatable bonds is 9. The molecule has 3 aliphatic rings. The van der Waals surface area contributed by atoms with Gasteiger partial charge in [-0.05, 0) is 25.0 Å². The molecule has 2 saturated heterocycles. The van der Waals surface area contributed by atoms with Gasteiger partial charge in [-0.25, -0.2) is 8.42 Å². The van der Waals surface area contributed by atoms with Gasteiger partial charge in [-0.1, -0.05) is 28.6 Å². The summed E-state index contributed by atoms with van der Waals surface area (Å²) in [5.41, 5.74) is 0.399. The first-order valence-electron chi connectivity index (χ1n) is 12.1. The van der Waals surface area contributed by atoms with Gasteiger partial charge < -0.3 is 14.5 Å². The van der Waals surface area contributed by atoms with Crippen LogP contribution in [0.4, 0.5) is 5.13 Å². The van der Waals surface area contributed by atoms with Gasteiger partial charge in [0.05, 0.1) is 36.4 Å². The van der Waals surface area contributed by atoms with E-state index < -0.39 is 15.7 Å². The van der Waals surface area contributed by atoms with E-state index in [-0.39, 0.29) is 33.0 Å². The molecule has 1 aliphatic carbocycles. The Morgan fingerprint density at radius 3 is 2.68 bits per heavy atom. The first-order valence-corrected chi connectivity index (χ1v) is 14.4. The number of amides is 2. The SMILES string of the molecule is CN1CCN(Cc2nnc(NC(=O)C(=NO[C@@H]3CCOC3)c3ccc(S(=O)(=O)C4CC4)cc3)s2)CC1=O. The average molecular weight is 549 g/mol. The molecule has 1 atom stereocenters. The van der Waals surface area contributed by atoms with Crippen molar-refractivity contribution in [3.63, 3.8) is 0 Å². The van der Waals surface area contributed by atoms with Crippen molar-refractivity contribution in [2.75, 3.05) is 45.2 Å². The van der Waals surface area contributed by atoms with E-state index in [1.165, 1.54) is 23.5 Å². The van der Waals surface area contributed by atoms with Crippen molar-refractivity contribution >= 4 is 43.8 Å². The zero-order chi connectivity index (χ0) is 26.0. The lowest BCUT2D eigenvalue weighted by molar-refractivity contribution is -0.134. The Hall–Kier alpha value is -2.94. The van der Waals surface area contributed by atoms with Crippen molar-refractivity contribution in [1.82, 2.24) is 20.0 Å². The average Bonchev–Trinajstić information content (AvgIpc) is 3.46. The van der Waals surface area contributed by atoms with Crippen LogP contribution in [0.5, 0.6) is 0 Å². The molecule has 37 heavy (non-hydrogen) atoms. The van der Waals surface area contributed by atoms with E-state index in [0.717, 1.165) is 6.54 Å². The Bertz CT molecular complexity index is 1290. The number of hydrogen-bond acceptors (Lipinski definition) is 11. The normalized spacial score (nSPS) is 21.3. The third-order valence-corrected chi connectivity index (χ3v) is 9.50. The van der Waals surface area contributed by atoms with E-state index in [4.69, 9.17) is 9.57 Å². The fourth-order valence-corrected chi connectivity index (χ4v) is 6.41. The Balaban J connectivity index is 1.29. The number of anilines is 1. The predicted octanol–water partition coefficient (Wildman–Crippen LogP) is 0.897. The molecule has 3 fully saturated rings. The highest BCUT2D eigenvalue weighted by Crippen LogP contribution is 2.33. The molecule has 2 amide bonds. The van der Waals surface area contributed by atoms with Crippen molar-refractivity contribution in [1.29, 1.82) is 0 Å². The van der Waals surface area contributed by atoms with Crippen LogP contribution in [0.3, 0.4) is 0 Å². The number of nitrogens with one attached hydrogen (secondary N) is 1. The maximum absolute atomic E-state index is 13.2. The number of sulfone groups is 1. The molecule has 14 heteroatoms. The van der Waals surface area contributed by atoms with Gasteiger partial charge in [-0.15, -0.1) is 10.2 Å². The van der Waals surface area contributed by atoms with Crippen LogP contribution in [0.1, 0.15) is 29.8 Å². The van der Waals surface area contributed by atoms with Crippen LogP contribution in [0.2, 0.25) is 0 Å². The second-order valence-electron chi connectivity index (χ2n) is 9.28. The third kappa shape index (κ3) is 6.14. The van der Waals surface area contributed by atoms with Crippen LogP contribution in [0, 0.1) is 0 Å². The molecule has 2 aliphatic heterocycles. The van der Waals surface area contributed by atoms with Gasteiger partial charge in [-0.3, -0.25) is 19.8 Å². The lowest BCUT2D eigenvalue weighted by atomic mass is 10.1. The Morgan fingerprint density at radius 1 is 1.22 bits per heavy atom. The highest BCUT2D eigenvalue weighted by molar-refractivity contribution is 7.92. The van der Waals surface area contributed by atoms with Gasteiger partial charge >= 0.3 is 0 Å². The van der Waals surface area contributed by atoms with E-state index in [0.29, 0.717) is 62.7 Å². The van der Waals surface area contributed by atoms with Crippen molar-refractivity contribution in [3.05, 3.63) is 34.8 Å². The van der Waals surface area contributed by atoms with Gasteiger partial charge in [0.1, 0.15) is 5.01 Å². The summed E-state index contributed by atoms with van der Waals surface area (Å²) < 4.78 is 30.4. The predicted molar refractivity (Wildman–Crippen MR) is 135 cm³/mol. The molecule has 0 bridgehead atoms. The number of ether oxygens (including phenoxy) is 1. The zero-order valence-corrected chi connectivity index (χ0v) is 22.0. The number of oxime groups is 1. The summed E-state index contributed by atoms with van der Waals surface area (Å²) in [6.45, 7) is 3.08. The fourth-order valence-electron chi connectivity index (χ4n) is 3.98. The van der Waals surface area contributed by atoms with Crippen LogP contribution in [0.25, 0.3) is 0 Å². The number of nitrogens with zero attached hydrogens (tertiary/aromatic N) is 5. The Labute approximate surface area is 218 Å². The first-order chi connectivity index (χ1) is 17.8. The standard InChI is InChI=1S/C23H28N6O6S2/c1-28-9-10-29(13-20(28)30)12-19-25-26-23(36-19)24-22(31)21(27-35-16-8-11-34-14-16)15-2-4-17(5-3-15)37(32,33)18-6-7-18/h2-5,16,18H,6-14H2,1H3,(H,24,26,31)/t16-/m1/s1. The van der Waals surface area contributed by atoms with Crippen molar-refractivity contribution in [2.24, 2.45) is 5.16 Å². The highest BCUT2D eigenvalue weighted by Gasteiger charge is 2.37. The number of hydrogen-bond donors (Lipinski definition) is 1. The molecule has 3 heterocycles. The molecule has 5 rings (SSSR count). The molecule has 198 valence electrons. The molecular formula is C23H28N6O6S2. The summed E-state index contributed by atoms with van der Waals surface area (Å²) in [5, 5.41) is 15.7. The molecule has 1 saturated carbocycles. The smallest absolute Gasteiger partial charge is 0.280 e.